The summed E-state index contributed by atoms with van der Waals surface area (Å²) in [5.41, 5.74) is 1.52. The number of benzene rings is 1. The molecule has 0 bridgehead atoms. The zero-order chi connectivity index (χ0) is 13.1. The second-order valence-electron chi connectivity index (χ2n) is 3.74. The topological polar surface area (TPSA) is 53.7 Å². The summed E-state index contributed by atoms with van der Waals surface area (Å²) in [6.45, 7) is 1.86. The van der Waals surface area contributed by atoms with E-state index in [1.54, 1.807) is 33.5 Å². The van der Waals surface area contributed by atoms with E-state index in [1.807, 2.05) is 13.0 Å². The largest absolute Gasteiger partial charge is 0.496 e. The molecule has 0 unspecified atom stereocenters. The van der Waals surface area contributed by atoms with Gasteiger partial charge in [0.05, 0.1) is 27.0 Å². The Morgan fingerprint density at radius 1 is 0.944 bits per heavy atom. The Labute approximate surface area is 105 Å². The highest BCUT2D eigenvalue weighted by Gasteiger charge is 2.18. The van der Waals surface area contributed by atoms with E-state index in [-0.39, 0.29) is 0 Å². The van der Waals surface area contributed by atoms with Gasteiger partial charge in [0, 0.05) is 18.2 Å². The summed E-state index contributed by atoms with van der Waals surface area (Å²) >= 11 is 0. The van der Waals surface area contributed by atoms with E-state index in [1.165, 1.54) is 0 Å². The van der Waals surface area contributed by atoms with Gasteiger partial charge in [-0.05, 0) is 6.92 Å². The second kappa shape index (κ2) is 5.00. The fraction of sp³-hybridized carbons (Fsp3) is 0.308. The molecule has 0 aliphatic rings. The summed E-state index contributed by atoms with van der Waals surface area (Å²) < 4.78 is 21.1. The molecule has 0 aliphatic carbocycles. The number of rotatable bonds is 4. The van der Waals surface area contributed by atoms with Crippen LogP contribution in [0, 0.1) is 6.92 Å². The number of hydrogen-bond acceptors (Lipinski definition) is 5. The fourth-order valence-corrected chi connectivity index (χ4v) is 1.73. The lowest BCUT2D eigenvalue weighted by atomic mass is 10.1. The Kier molecular flexibility index (Phi) is 3.41. The van der Waals surface area contributed by atoms with Crippen molar-refractivity contribution in [2.45, 2.75) is 6.92 Å². The molecule has 0 aliphatic heterocycles. The van der Waals surface area contributed by atoms with E-state index < -0.39 is 0 Å². The first-order chi connectivity index (χ1) is 8.69. The first kappa shape index (κ1) is 12.3. The SMILES string of the molecule is COc1cc(OC)c(-c2cc(C)no2)c(OC)c1. The van der Waals surface area contributed by atoms with Gasteiger partial charge in [0.15, 0.2) is 5.76 Å². The third-order valence-corrected chi connectivity index (χ3v) is 2.59. The number of ether oxygens (including phenoxy) is 3. The Morgan fingerprint density at radius 3 is 1.94 bits per heavy atom. The minimum atomic E-state index is 0.601. The Hall–Kier alpha value is -2.17. The third-order valence-electron chi connectivity index (χ3n) is 2.59. The van der Waals surface area contributed by atoms with Crippen molar-refractivity contribution in [3.05, 3.63) is 23.9 Å². The molecule has 2 rings (SSSR count). The van der Waals surface area contributed by atoms with Crippen molar-refractivity contribution in [2.24, 2.45) is 0 Å². The molecule has 5 heteroatoms. The highest BCUT2D eigenvalue weighted by atomic mass is 16.5. The average molecular weight is 249 g/mol. The van der Waals surface area contributed by atoms with Crippen LogP contribution >= 0.6 is 0 Å². The van der Waals surface area contributed by atoms with Crippen LogP contribution in [0.25, 0.3) is 11.3 Å². The molecule has 2 aromatic rings. The summed E-state index contributed by atoms with van der Waals surface area (Å²) in [6.07, 6.45) is 0. The first-order valence-corrected chi connectivity index (χ1v) is 5.43. The van der Waals surface area contributed by atoms with Gasteiger partial charge < -0.3 is 18.7 Å². The van der Waals surface area contributed by atoms with Crippen LogP contribution in [0.2, 0.25) is 0 Å². The van der Waals surface area contributed by atoms with Crippen LogP contribution in [0.15, 0.2) is 22.7 Å². The maximum Gasteiger partial charge on any atom is 0.174 e. The molecule has 5 nitrogen and oxygen atoms in total. The van der Waals surface area contributed by atoms with Gasteiger partial charge in [-0.25, -0.2) is 0 Å². The zero-order valence-corrected chi connectivity index (χ0v) is 10.8. The number of nitrogens with zero attached hydrogens (tertiary/aromatic N) is 1. The van der Waals surface area contributed by atoms with Gasteiger partial charge >= 0.3 is 0 Å². The smallest absolute Gasteiger partial charge is 0.174 e. The van der Waals surface area contributed by atoms with Gasteiger partial charge in [-0.1, -0.05) is 5.16 Å². The summed E-state index contributed by atoms with van der Waals surface area (Å²) in [4.78, 5) is 0. The fourth-order valence-electron chi connectivity index (χ4n) is 1.73. The average Bonchev–Trinajstić information content (AvgIpc) is 2.83. The van der Waals surface area contributed by atoms with Crippen LogP contribution in [0.1, 0.15) is 5.69 Å². The lowest BCUT2D eigenvalue weighted by Gasteiger charge is -2.12. The normalized spacial score (nSPS) is 10.2. The summed E-state index contributed by atoms with van der Waals surface area (Å²) in [6, 6.07) is 5.37. The zero-order valence-electron chi connectivity index (χ0n) is 10.8. The van der Waals surface area contributed by atoms with Crippen LogP contribution in [0.5, 0.6) is 17.2 Å². The van der Waals surface area contributed by atoms with Crippen molar-refractivity contribution in [2.75, 3.05) is 21.3 Å². The number of hydrogen-bond donors (Lipinski definition) is 0. The second-order valence-corrected chi connectivity index (χ2v) is 3.74. The Bertz CT molecular complexity index is 523. The quantitative estimate of drug-likeness (QED) is 0.833. The summed E-state index contributed by atoms with van der Waals surface area (Å²) in [5.74, 6) is 2.48. The minimum absolute atomic E-state index is 0.601. The molecular weight excluding hydrogens is 234 g/mol. The molecule has 0 N–H and O–H groups in total. The van der Waals surface area contributed by atoms with E-state index in [2.05, 4.69) is 5.16 Å². The monoisotopic (exact) mass is 249 g/mol. The first-order valence-electron chi connectivity index (χ1n) is 5.43. The van der Waals surface area contributed by atoms with E-state index >= 15 is 0 Å². The van der Waals surface area contributed by atoms with Gasteiger partial charge in [-0.2, -0.15) is 0 Å². The van der Waals surface area contributed by atoms with Crippen molar-refractivity contribution in [1.82, 2.24) is 5.16 Å². The van der Waals surface area contributed by atoms with Crippen molar-refractivity contribution >= 4 is 0 Å². The maximum atomic E-state index is 5.35. The molecular formula is C13H15NO4. The standard InChI is InChI=1S/C13H15NO4/c1-8-5-12(18-14-8)13-10(16-3)6-9(15-2)7-11(13)17-4/h5-7H,1-4H3. The molecule has 0 amide bonds. The molecule has 0 radical (unpaired) electrons. The molecule has 0 saturated heterocycles. The lowest BCUT2D eigenvalue weighted by molar-refractivity contribution is 0.371. The van der Waals surface area contributed by atoms with Gasteiger partial charge in [0.2, 0.25) is 0 Å². The minimum Gasteiger partial charge on any atom is -0.496 e. The van der Waals surface area contributed by atoms with E-state index in [4.69, 9.17) is 18.7 Å². The van der Waals surface area contributed by atoms with Crippen molar-refractivity contribution in [3.63, 3.8) is 0 Å². The Morgan fingerprint density at radius 2 is 1.56 bits per heavy atom. The van der Waals surface area contributed by atoms with Crippen LogP contribution in [0.3, 0.4) is 0 Å². The van der Waals surface area contributed by atoms with Gasteiger partial charge in [0.25, 0.3) is 0 Å². The van der Waals surface area contributed by atoms with Crippen LogP contribution in [-0.2, 0) is 0 Å². The third kappa shape index (κ3) is 2.11. The van der Waals surface area contributed by atoms with Crippen molar-refractivity contribution < 1.29 is 18.7 Å². The molecule has 0 atom stereocenters. The number of aryl methyl sites for hydroxylation is 1. The molecule has 18 heavy (non-hydrogen) atoms. The van der Waals surface area contributed by atoms with Gasteiger partial charge in [0.1, 0.15) is 22.8 Å². The number of methoxy groups -OCH3 is 3. The van der Waals surface area contributed by atoms with Crippen molar-refractivity contribution in [3.8, 4) is 28.6 Å². The maximum absolute atomic E-state index is 5.35. The summed E-state index contributed by atoms with van der Waals surface area (Å²) in [7, 11) is 4.76. The molecule has 0 spiro atoms. The van der Waals surface area contributed by atoms with Crippen LogP contribution in [-0.4, -0.2) is 26.5 Å². The van der Waals surface area contributed by atoms with Crippen LogP contribution in [0.4, 0.5) is 0 Å². The molecule has 1 aromatic heterocycles. The highest BCUT2D eigenvalue weighted by Crippen LogP contribution is 2.41. The molecule has 1 heterocycles. The molecule has 1 aromatic carbocycles. The van der Waals surface area contributed by atoms with Crippen LogP contribution < -0.4 is 14.2 Å². The molecule has 0 saturated carbocycles. The number of aromatic nitrogens is 1. The van der Waals surface area contributed by atoms with E-state index in [0.717, 1.165) is 11.3 Å². The highest BCUT2D eigenvalue weighted by molar-refractivity contribution is 5.74. The van der Waals surface area contributed by atoms with Gasteiger partial charge in [-0.3, -0.25) is 0 Å². The predicted molar refractivity (Wildman–Crippen MR) is 66.3 cm³/mol. The molecule has 96 valence electrons. The van der Waals surface area contributed by atoms with E-state index in [0.29, 0.717) is 23.0 Å². The van der Waals surface area contributed by atoms with Crippen molar-refractivity contribution in [1.29, 1.82) is 0 Å². The Balaban J connectivity index is 2.63. The lowest BCUT2D eigenvalue weighted by Crippen LogP contribution is -1.94. The van der Waals surface area contributed by atoms with Gasteiger partial charge in [-0.15, -0.1) is 0 Å². The molecule has 0 fully saturated rings. The summed E-state index contributed by atoms with van der Waals surface area (Å²) in [5, 5.41) is 3.87. The predicted octanol–water partition coefficient (Wildman–Crippen LogP) is 2.68. The van der Waals surface area contributed by atoms with E-state index in [9.17, 15) is 0 Å².